The standard InChI is InChI=1S/C26H32NO.CH4.HI/c1-23-10-9-15-26(22-23)28-21-20-27(2,18-16-24-11-5-3-6-12-24)19-17-25-13-7-4-8-14-25;;/h3-15,22H,16-21H2,1-2H3;1H4;1H/q+1;;/p-1. The molecule has 0 spiro atoms. The molecule has 0 aromatic heterocycles. The van der Waals surface area contributed by atoms with Crippen molar-refractivity contribution in [3.8, 4) is 5.75 Å². The molecule has 30 heavy (non-hydrogen) atoms. The Morgan fingerprint density at radius 1 is 0.700 bits per heavy atom. The fourth-order valence-electron chi connectivity index (χ4n) is 3.51. The molecule has 0 saturated carbocycles. The lowest BCUT2D eigenvalue weighted by molar-refractivity contribution is -0.909. The largest absolute Gasteiger partial charge is 1.00 e. The van der Waals surface area contributed by atoms with Crippen LogP contribution in [-0.4, -0.2) is 37.8 Å². The number of aryl methyl sites for hydroxylation is 1. The van der Waals surface area contributed by atoms with Crippen LogP contribution in [0.2, 0.25) is 0 Å². The monoisotopic (exact) mass is 517 g/mol. The smallest absolute Gasteiger partial charge is 0.137 e. The normalized spacial score (nSPS) is 10.6. The number of halogens is 1. The highest BCUT2D eigenvalue weighted by atomic mass is 127. The molecule has 0 amide bonds. The summed E-state index contributed by atoms with van der Waals surface area (Å²) in [6.07, 6.45) is 2.19. The SMILES string of the molecule is C.Cc1cccc(OCC[N+](C)(CCc2ccccc2)CCc2ccccc2)c1.[I-]. The quantitative estimate of drug-likeness (QED) is 0.297. The van der Waals surface area contributed by atoms with Gasteiger partial charge in [-0.2, -0.15) is 0 Å². The molecule has 0 bridgehead atoms. The molecule has 0 radical (unpaired) electrons. The lowest BCUT2D eigenvalue weighted by Gasteiger charge is -2.35. The Hall–Kier alpha value is -1.85. The van der Waals surface area contributed by atoms with Gasteiger partial charge in [-0.15, -0.1) is 0 Å². The van der Waals surface area contributed by atoms with Gasteiger partial charge in [-0.1, -0.05) is 80.2 Å². The Labute approximate surface area is 200 Å². The van der Waals surface area contributed by atoms with Crippen molar-refractivity contribution >= 4 is 0 Å². The summed E-state index contributed by atoms with van der Waals surface area (Å²) in [5, 5.41) is 0. The summed E-state index contributed by atoms with van der Waals surface area (Å²) in [7, 11) is 2.37. The van der Waals surface area contributed by atoms with E-state index in [2.05, 4.69) is 92.8 Å². The number of likely N-dealkylation sites (N-methyl/N-ethyl adjacent to an activating group) is 1. The summed E-state index contributed by atoms with van der Waals surface area (Å²) < 4.78 is 7.08. The minimum atomic E-state index is 0. The molecule has 0 atom stereocenters. The molecule has 0 aliphatic heterocycles. The summed E-state index contributed by atoms with van der Waals surface area (Å²) >= 11 is 0. The first kappa shape index (κ1) is 26.2. The molecular formula is C27H36INO. The summed E-state index contributed by atoms with van der Waals surface area (Å²) in [5.41, 5.74) is 4.06. The van der Waals surface area contributed by atoms with Gasteiger partial charge in [0.25, 0.3) is 0 Å². The number of quaternary nitrogens is 1. The van der Waals surface area contributed by atoms with Crippen molar-refractivity contribution < 1.29 is 33.2 Å². The molecule has 0 saturated heterocycles. The molecule has 3 rings (SSSR count). The van der Waals surface area contributed by atoms with E-state index in [1.807, 2.05) is 6.07 Å². The fraction of sp³-hybridized carbons (Fsp3) is 0.333. The third-order valence-electron chi connectivity index (χ3n) is 5.46. The van der Waals surface area contributed by atoms with Gasteiger partial charge in [-0.05, 0) is 35.7 Å². The molecular weight excluding hydrogens is 481 g/mol. The van der Waals surface area contributed by atoms with Gasteiger partial charge in [0.05, 0.1) is 20.1 Å². The maximum Gasteiger partial charge on any atom is 0.137 e. The van der Waals surface area contributed by atoms with E-state index in [1.54, 1.807) is 0 Å². The lowest BCUT2D eigenvalue weighted by atomic mass is 10.1. The topological polar surface area (TPSA) is 9.23 Å². The third-order valence-corrected chi connectivity index (χ3v) is 5.46. The van der Waals surface area contributed by atoms with Crippen molar-refractivity contribution in [3.05, 3.63) is 102 Å². The minimum absolute atomic E-state index is 0. The highest BCUT2D eigenvalue weighted by molar-refractivity contribution is 5.27. The first-order valence-corrected chi connectivity index (χ1v) is 10.2. The summed E-state index contributed by atoms with van der Waals surface area (Å²) in [5.74, 6) is 0.970. The van der Waals surface area contributed by atoms with Crippen LogP contribution in [0.1, 0.15) is 24.1 Å². The van der Waals surface area contributed by atoms with Crippen molar-refractivity contribution in [2.45, 2.75) is 27.2 Å². The van der Waals surface area contributed by atoms with E-state index in [1.165, 1.54) is 16.7 Å². The zero-order chi connectivity index (χ0) is 19.7. The Balaban J connectivity index is 0.00000225. The second-order valence-corrected chi connectivity index (χ2v) is 7.93. The Morgan fingerprint density at radius 2 is 1.23 bits per heavy atom. The van der Waals surface area contributed by atoms with E-state index in [-0.39, 0.29) is 31.4 Å². The van der Waals surface area contributed by atoms with Gasteiger partial charge >= 0.3 is 0 Å². The van der Waals surface area contributed by atoms with Gasteiger partial charge in [0.2, 0.25) is 0 Å². The van der Waals surface area contributed by atoms with E-state index in [0.717, 1.165) is 49.3 Å². The van der Waals surface area contributed by atoms with Crippen molar-refractivity contribution in [1.82, 2.24) is 0 Å². The second kappa shape index (κ2) is 13.5. The summed E-state index contributed by atoms with van der Waals surface area (Å²) in [6, 6.07) is 29.9. The molecule has 0 N–H and O–H groups in total. The van der Waals surface area contributed by atoms with Crippen molar-refractivity contribution in [2.24, 2.45) is 0 Å². The highest BCUT2D eigenvalue weighted by Gasteiger charge is 2.21. The number of benzene rings is 3. The van der Waals surface area contributed by atoms with Crippen LogP contribution in [0.25, 0.3) is 0 Å². The average molecular weight is 517 g/mol. The maximum absolute atomic E-state index is 6.07. The number of rotatable bonds is 10. The van der Waals surface area contributed by atoms with Gasteiger partial charge in [0.1, 0.15) is 18.9 Å². The predicted molar refractivity (Wildman–Crippen MR) is 124 cm³/mol. The average Bonchev–Trinajstić information content (AvgIpc) is 2.73. The zero-order valence-corrected chi connectivity index (χ0v) is 19.7. The molecule has 0 aliphatic carbocycles. The van der Waals surface area contributed by atoms with Gasteiger partial charge < -0.3 is 33.2 Å². The molecule has 0 fully saturated rings. The van der Waals surface area contributed by atoms with Crippen molar-refractivity contribution in [2.75, 3.05) is 33.3 Å². The van der Waals surface area contributed by atoms with E-state index in [4.69, 9.17) is 4.74 Å². The van der Waals surface area contributed by atoms with Crippen LogP contribution in [0.4, 0.5) is 0 Å². The van der Waals surface area contributed by atoms with Gasteiger partial charge in [-0.25, -0.2) is 0 Å². The van der Waals surface area contributed by atoms with Crippen molar-refractivity contribution in [3.63, 3.8) is 0 Å². The molecule has 3 heteroatoms. The minimum Gasteiger partial charge on any atom is -1.00 e. The molecule has 0 unspecified atom stereocenters. The van der Waals surface area contributed by atoms with Crippen LogP contribution in [0, 0.1) is 6.92 Å². The Bertz CT molecular complexity index is 792. The van der Waals surface area contributed by atoms with Crippen molar-refractivity contribution in [1.29, 1.82) is 0 Å². The first-order valence-electron chi connectivity index (χ1n) is 10.2. The number of hydrogen-bond acceptors (Lipinski definition) is 1. The van der Waals surface area contributed by atoms with Gasteiger partial charge in [0.15, 0.2) is 0 Å². The summed E-state index contributed by atoms with van der Waals surface area (Å²) in [6.45, 7) is 6.09. The molecule has 2 nitrogen and oxygen atoms in total. The van der Waals surface area contributed by atoms with Crippen LogP contribution in [0.15, 0.2) is 84.9 Å². The molecule has 0 heterocycles. The molecule has 3 aromatic carbocycles. The second-order valence-electron chi connectivity index (χ2n) is 7.93. The zero-order valence-electron chi connectivity index (χ0n) is 17.6. The lowest BCUT2D eigenvalue weighted by Crippen LogP contribution is -3.00. The van der Waals surface area contributed by atoms with Crippen LogP contribution in [-0.2, 0) is 12.8 Å². The van der Waals surface area contributed by atoms with Crippen LogP contribution < -0.4 is 28.7 Å². The van der Waals surface area contributed by atoms with Gasteiger partial charge in [-0.3, -0.25) is 0 Å². The molecule has 3 aromatic rings. The van der Waals surface area contributed by atoms with E-state index in [0.29, 0.717) is 0 Å². The predicted octanol–water partition coefficient (Wildman–Crippen LogP) is 2.95. The van der Waals surface area contributed by atoms with Crippen LogP contribution >= 0.6 is 0 Å². The molecule has 162 valence electrons. The van der Waals surface area contributed by atoms with Crippen LogP contribution in [0.5, 0.6) is 5.75 Å². The van der Waals surface area contributed by atoms with Crippen LogP contribution in [0.3, 0.4) is 0 Å². The Morgan fingerprint density at radius 3 is 1.73 bits per heavy atom. The summed E-state index contributed by atoms with van der Waals surface area (Å²) in [4.78, 5) is 0. The maximum atomic E-state index is 6.07. The number of hydrogen-bond donors (Lipinski definition) is 0. The number of ether oxygens (including phenoxy) is 1. The van der Waals surface area contributed by atoms with E-state index in [9.17, 15) is 0 Å². The third kappa shape index (κ3) is 8.88. The first-order chi connectivity index (χ1) is 13.6. The fourth-order valence-corrected chi connectivity index (χ4v) is 3.51. The Kier molecular flexibility index (Phi) is 11.7. The van der Waals surface area contributed by atoms with E-state index >= 15 is 0 Å². The highest BCUT2D eigenvalue weighted by Crippen LogP contribution is 2.14. The van der Waals surface area contributed by atoms with E-state index < -0.39 is 0 Å². The molecule has 0 aliphatic rings. The number of nitrogens with zero attached hydrogens (tertiary/aromatic N) is 1. The van der Waals surface area contributed by atoms with Gasteiger partial charge in [0, 0.05) is 12.8 Å².